The molecule has 33 heavy (non-hydrogen) atoms. The maximum Gasteiger partial charge on any atom is 0.419 e. The Hall–Kier alpha value is -2.38. The Balaban J connectivity index is 1.58. The smallest absolute Gasteiger partial charge is 0.408 e. The van der Waals surface area contributed by atoms with Gasteiger partial charge in [0.05, 0.1) is 20.6 Å². The molecule has 0 aliphatic carbocycles. The summed E-state index contributed by atoms with van der Waals surface area (Å²) in [4.78, 5) is 28.9. The number of aryl methyl sites for hydroxylation is 1. The molecule has 0 unspecified atom stereocenters. The van der Waals surface area contributed by atoms with Gasteiger partial charge in [0.1, 0.15) is 6.04 Å². The molecule has 0 spiro atoms. The van der Waals surface area contributed by atoms with Crippen LogP contribution in [0, 0.1) is 0 Å². The van der Waals surface area contributed by atoms with E-state index in [0.717, 1.165) is 4.70 Å². The third kappa shape index (κ3) is 5.09. The lowest BCUT2D eigenvalue weighted by atomic mass is 10.2. The van der Waals surface area contributed by atoms with Crippen LogP contribution in [-0.2, 0) is 21.9 Å². The van der Waals surface area contributed by atoms with Gasteiger partial charge in [-0.15, -0.1) is 0 Å². The standard InChI is InChI=1S/C20H19ClN4O5S3/c1-25-15-6-4-12(10-16(15)30-20(25)27)33(28,29)24-14(7-8-31-2)18(26)23-19-22-13-5-3-11(21)9-17(13)32-19/h3-6,9-10,14,24H,7-8H2,1-2H3,(H,22,23,26)/t14-/m0/s1. The second kappa shape index (κ2) is 9.47. The molecule has 1 amide bonds. The molecule has 0 bridgehead atoms. The van der Waals surface area contributed by atoms with E-state index in [1.807, 2.05) is 6.26 Å². The Morgan fingerprint density at radius 3 is 2.85 bits per heavy atom. The minimum atomic E-state index is -4.08. The van der Waals surface area contributed by atoms with Crippen molar-refractivity contribution in [3.05, 3.63) is 52.0 Å². The molecule has 0 aliphatic rings. The zero-order chi connectivity index (χ0) is 23.8. The first-order chi connectivity index (χ1) is 15.7. The molecule has 0 saturated carbocycles. The summed E-state index contributed by atoms with van der Waals surface area (Å²) in [6.45, 7) is 0. The van der Waals surface area contributed by atoms with Crippen LogP contribution in [0.15, 0.2) is 50.5 Å². The van der Waals surface area contributed by atoms with Crippen molar-refractivity contribution in [2.45, 2.75) is 17.4 Å². The summed E-state index contributed by atoms with van der Waals surface area (Å²) in [7, 11) is -2.55. The van der Waals surface area contributed by atoms with Crippen LogP contribution in [0.25, 0.3) is 21.3 Å². The highest BCUT2D eigenvalue weighted by Crippen LogP contribution is 2.28. The monoisotopic (exact) mass is 526 g/mol. The number of aromatic nitrogens is 2. The van der Waals surface area contributed by atoms with E-state index in [2.05, 4.69) is 15.0 Å². The molecule has 13 heteroatoms. The van der Waals surface area contributed by atoms with Gasteiger partial charge >= 0.3 is 5.76 Å². The van der Waals surface area contributed by atoms with Crippen LogP contribution < -0.4 is 15.8 Å². The highest BCUT2D eigenvalue weighted by molar-refractivity contribution is 7.98. The van der Waals surface area contributed by atoms with Gasteiger partial charge < -0.3 is 9.73 Å². The molecular weight excluding hydrogens is 508 g/mol. The number of anilines is 1. The lowest BCUT2D eigenvalue weighted by molar-refractivity contribution is -0.117. The molecule has 1 atom stereocenters. The maximum absolute atomic E-state index is 13.0. The van der Waals surface area contributed by atoms with E-state index in [9.17, 15) is 18.0 Å². The normalized spacial score (nSPS) is 12.9. The Labute approximate surface area is 202 Å². The fourth-order valence-corrected chi connectivity index (χ4v) is 6.02. The highest BCUT2D eigenvalue weighted by atomic mass is 35.5. The van der Waals surface area contributed by atoms with Gasteiger partial charge in [0.25, 0.3) is 0 Å². The average Bonchev–Trinajstić information content (AvgIpc) is 3.29. The fraction of sp³-hybridized carbons (Fsp3) is 0.250. The van der Waals surface area contributed by atoms with Crippen molar-refractivity contribution in [2.24, 2.45) is 7.05 Å². The van der Waals surface area contributed by atoms with E-state index >= 15 is 0 Å². The predicted molar refractivity (Wildman–Crippen MR) is 132 cm³/mol. The number of oxazole rings is 1. The number of fused-ring (bicyclic) bond motifs is 2. The molecule has 0 fully saturated rings. The number of nitrogens with one attached hydrogen (secondary N) is 2. The Morgan fingerprint density at radius 1 is 1.30 bits per heavy atom. The lowest BCUT2D eigenvalue weighted by Crippen LogP contribution is -2.44. The summed E-state index contributed by atoms with van der Waals surface area (Å²) in [5, 5.41) is 3.60. The van der Waals surface area contributed by atoms with Gasteiger partial charge in [-0.05, 0) is 48.8 Å². The third-order valence-electron chi connectivity index (χ3n) is 4.88. The fourth-order valence-electron chi connectivity index (χ4n) is 3.16. The van der Waals surface area contributed by atoms with Crippen LogP contribution in [0.2, 0.25) is 5.02 Å². The second-order valence-electron chi connectivity index (χ2n) is 7.13. The summed E-state index contributed by atoms with van der Waals surface area (Å²) in [5.74, 6) is -0.560. The number of amides is 1. The molecule has 2 aromatic carbocycles. The SMILES string of the molecule is CSCC[C@H](NS(=O)(=O)c1ccc2c(c1)oc(=O)n2C)C(=O)Nc1nc2ccc(Cl)cc2s1. The summed E-state index contributed by atoms with van der Waals surface area (Å²) >= 11 is 8.74. The number of sulfonamides is 1. The highest BCUT2D eigenvalue weighted by Gasteiger charge is 2.27. The van der Waals surface area contributed by atoms with Crippen LogP contribution >= 0.6 is 34.7 Å². The molecular formula is C20H19ClN4O5S3. The summed E-state index contributed by atoms with van der Waals surface area (Å²) in [5.41, 5.74) is 1.29. The van der Waals surface area contributed by atoms with Gasteiger partial charge in [0.2, 0.25) is 15.9 Å². The van der Waals surface area contributed by atoms with Crippen molar-refractivity contribution in [1.82, 2.24) is 14.3 Å². The van der Waals surface area contributed by atoms with Crippen molar-refractivity contribution in [1.29, 1.82) is 0 Å². The molecule has 4 aromatic rings. The maximum atomic E-state index is 13.0. The number of benzene rings is 2. The second-order valence-corrected chi connectivity index (χ2v) is 11.3. The van der Waals surface area contributed by atoms with Crippen molar-refractivity contribution in [3.8, 4) is 0 Å². The van der Waals surface area contributed by atoms with E-state index in [0.29, 0.717) is 26.9 Å². The molecule has 2 N–H and O–H groups in total. The predicted octanol–water partition coefficient (Wildman–Crippen LogP) is 3.43. The van der Waals surface area contributed by atoms with Crippen molar-refractivity contribution >= 4 is 77.1 Å². The molecule has 9 nitrogen and oxygen atoms in total. The number of hydrogen-bond donors (Lipinski definition) is 2. The number of halogens is 1. The number of hydrogen-bond acceptors (Lipinski definition) is 8. The minimum absolute atomic E-state index is 0.110. The number of thiazole rings is 1. The number of thioether (sulfide) groups is 1. The first kappa shape index (κ1) is 23.8. The summed E-state index contributed by atoms with van der Waals surface area (Å²) in [6.07, 6.45) is 2.14. The molecule has 0 aliphatic heterocycles. The van der Waals surface area contributed by atoms with Crippen LogP contribution in [0.1, 0.15) is 6.42 Å². The summed E-state index contributed by atoms with van der Waals surface area (Å²) < 4.78 is 35.7. The lowest BCUT2D eigenvalue weighted by Gasteiger charge is -2.17. The number of carbonyl (C=O) groups excluding carboxylic acids is 1. The topological polar surface area (TPSA) is 123 Å². The van der Waals surface area contributed by atoms with E-state index in [1.54, 1.807) is 18.2 Å². The van der Waals surface area contributed by atoms with Crippen LogP contribution in [0.5, 0.6) is 0 Å². The zero-order valence-electron chi connectivity index (χ0n) is 17.5. The van der Waals surface area contributed by atoms with Gasteiger partial charge in [-0.3, -0.25) is 9.36 Å². The van der Waals surface area contributed by atoms with Gasteiger partial charge in [-0.2, -0.15) is 16.5 Å². The number of rotatable bonds is 8. The third-order valence-corrected chi connectivity index (χ3v) is 8.16. The Morgan fingerprint density at radius 2 is 2.09 bits per heavy atom. The van der Waals surface area contributed by atoms with Crippen molar-refractivity contribution < 1.29 is 17.6 Å². The Bertz CT molecular complexity index is 1510. The number of nitrogens with zero attached hydrogens (tertiary/aromatic N) is 2. The number of carbonyl (C=O) groups is 1. The van der Waals surface area contributed by atoms with Gasteiger partial charge in [-0.25, -0.2) is 18.2 Å². The van der Waals surface area contributed by atoms with Gasteiger partial charge in [0.15, 0.2) is 10.7 Å². The van der Waals surface area contributed by atoms with Crippen LogP contribution in [0.3, 0.4) is 0 Å². The molecule has 2 heterocycles. The van der Waals surface area contributed by atoms with E-state index in [-0.39, 0.29) is 16.9 Å². The van der Waals surface area contributed by atoms with Crippen molar-refractivity contribution in [2.75, 3.05) is 17.3 Å². The first-order valence-corrected chi connectivity index (χ1v) is 13.7. The van der Waals surface area contributed by atoms with Crippen LogP contribution in [-0.4, -0.2) is 41.9 Å². The molecule has 4 rings (SSSR count). The van der Waals surface area contributed by atoms with Gasteiger partial charge in [0, 0.05) is 18.1 Å². The quantitative estimate of drug-likeness (QED) is 0.360. The largest absolute Gasteiger partial charge is 0.419 e. The molecule has 0 radical (unpaired) electrons. The molecule has 2 aromatic heterocycles. The van der Waals surface area contributed by atoms with E-state index in [4.69, 9.17) is 16.0 Å². The zero-order valence-corrected chi connectivity index (χ0v) is 20.7. The van der Waals surface area contributed by atoms with E-state index in [1.165, 1.54) is 52.9 Å². The Kier molecular flexibility index (Phi) is 6.82. The minimum Gasteiger partial charge on any atom is -0.408 e. The molecule has 0 saturated heterocycles. The summed E-state index contributed by atoms with van der Waals surface area (Å²) in [6, 6.07) is 8.28. The average molecular weight is 527 g/mol. The first-order valence-electron chi connectivity index (χ1n) is 9.66. The van der Waals surface area contributed by atoms with Crippen molar-refractivity contribution in [3.63, 3.8) is 0 Å². The van der Waals surface area contributed by atoms with Gasteiger partial charge in [-0.1, -0.05) is 22.9 Å². The molecule has 174 valence electrons. The van der Waals surface area contributed by atoms with E-state index < -0.39 is 27.7 Å². The van der Waals surface area contributed by atoms with Crippen LogP contribution in [0.4, 0.5) is 5.13 Å².